The molecule has 2 aliphatic rings. The second-order valence-corrected chi connectivity index (χ2v) is 7.24. The Kier molecular flexibility index (Phi) is 4.44. The van der Waals surface area contributed by atoms with Gasteiger partial charge in [-0.3, -0.25) is 4.90 Å². The molecule has 0 bridgehead atoms. The lowest BCUT2D eigenvalue weighted by Crippen LogP contribution is -2.63. The number of anilines is 1. The van der Waals surface area contributed by atoms with Crippen LogP contribution in [0.2, 0.25) is 0 Å². The lowest BCUT2D eigenvalue weighted by atomic mass is 9.84. The van der Waals surface area contributed by atoms with Gasteiger partial charge < -0.3 is 19.9 Å². The average Bonchev–Trinajstić information content (AvgIpc) is 2.72. The Balaban J connectivity index is 1.52. The molecule has 2 N–H and O–H groups in total. The number of fused-ring (bicyclic) bond motifs is 2. The van der Waals surface area contributed by atoms with Gasteiger partial charge >= 0.3 is 6.09 Å². The molecule has 3 heterocycles. The van der Waals surface area contributed by atoms with E-state index in [0.717, 1.165) is 0 Å². The lowest BCUT2D eigenvalue weighted by Gasteiger charge is -2.51. The predicted molar refractivity (Wildman–Crippen MR) is 103 cm³/mol. The van der Waals surface area contributed by atoms with E-state index in [0.29, 0.717) is 5.56 Å². The van der Waals surface area contributed by atoms with E-state index < -0.39 is 23.3 Å². The molecule has 0 radical (unpaired) electrons. The first-order valence-corrected chi connectivity index (χ1v) is 9.37. The fourth-order valence-corrected chi connectivity index (χ4v) is 3.70. The van der Waals surface area contributed by atoms with Gasteiger partial charge in [-0.2, -0.15) is 5.10 Å². The number of nitrogen functional groups attached to an aromatic ring is 1. The third-order valence-electron chi connectivity index (χ3n) is 5.35. The van der Waals surface area contributed by atoms with Crippen molar-refractivity contribution in [3.8, 4) is 17.4 Å². The topological polar surface area (TPSA) is 99.8 Å². The second kappa shape index (κ2) is 7.17. The van der Waals surface area contributed by atoms with Crippen molar-refractivity contribution in [3.05, 3.63) is 71.4 Å². The molecule has 5 rings (SSSR count). The summed E-state index contributed by atoms with van der Waals surface area (Å²) in [5, 5.41) is 7.42. The normalized spacial score (nSPS) is 16.5. The number of ether oxygens (including phenoxy) is 3. The van der Waals surface area contributed by atoms with Crippen LogP contribution in [-0.2, 0) is 16.8 Å². The molecule has 0 aliphatic carbocycles. The Hall–Kier alpha value is -3.79. The maximum atomic E-state index is 14.9. The number of halogens is 2. The van der Waals surface area contributed by atoms with Crippen LogP contribution in [0, 0.1) is 11.6 Å². The Morgan fingerprint density at radius 2 is 2.03 bits per heavy atom. The predicted octanol–water partition coefficient (Wildman–Crippen LogP) is 3.37. The molecule has 8 nitrogen and oxygen atoms in total. The summed E-state index contributed by atoms with van der Waals surface area (Å²) in [5.41, 5.74) is 5.25. The first-order chi connectivity index (χ1) is 15.0. The molecule has 10 heteroatoms. The number of carbonyl (C=O) groups excluding carboxylic acids is 1. The minimum atomic E-state index is -0.992. The molecule has 1 saturated heterocycles. The smallest absolute Gasteiger partial charge is 0.416 e. The van der Waals surface area contributed by atoms with Gasteiger partial charge in [-0.1, -0.05) is 12.1 Å². The summed E-state index contributed by atoms with van der Waals surface area (Å²) in [6.45, 7) is 0.115. The molecule has 1 fully saturated rings. The maximum absolute atomic E-state index is 14.9. The van der Waals surface area contributed by atoms with Crippen LogP contribution in [0.25, 0.3) is 0 Å². The summed E-state index contributed by atoms with van der Waals surface area (Å²) in [6.07, 6.45) is 0.741. The number of aromatic nitrogens is 2. The van der Waals surface area contributed by atoms with Crippen LogP contribution in [0.4, 0.5) is 19.3 Å². The van der Waals surface area contributed by atoms with Gasteiger partial charge in [0.2, 0.25) is 5.88 Å². The van der Waals surface area contributed by atoms with Gasteiger partial charge in [-0.05, 0) is 18.2 Å². The number of rotatable bonds is 4. The lowest BCUT2D eigenvalue weighted by molar-refractivity contribution is -0.143. The third kappa shape index (κ3) is 3.12. The number of hydrogen-bond acceptors (Lipinski definition) is 7. The van der Waals surface area contributed by atoms with E-state index in [-0.39, 0.29) is 48.4 Å². The van der Waals surface area contributed by atoms with E-state index in [1.54, 1.807) is 12.1 Å². The first kappa shape index (κ1) is 19.2. The van der Waals surface area contributed by atoms with E-state index >= 15 is 0 Å². The third-order valence-corrected chi connectivity index (χ3v) is 5.35. The summed E-state index contributed by atoms with van der Waals surface area (Å²) < 4.78 is 45.6. The standard InChI is InChI=1S/C21H16F2N4O4/c22-14-7-13-16(8-17(14)30-18-5-2-6-25-26-18)31-20(28)27(21(13)10-29-11-21)9-12-3-1-4-15(24)19(12)23/h1-8H,9-11,24H2. The van der Waals surface area contributed by atoms with Crippen molar-refractivity contribution in [2.75, 3.05) is 18.9 Å². The number of nitrogens with zero attached hydrogens (tertiary/aromatic N) is 3. The van der Waals surface area contributed by atoms with Crippen LogP contribution in [0.15, 0.2) is 48.7 Å². The number of benzene rings is 2. The van der Waals surface area contributed by atoms with E-state index in [4.69, 9.17) is 19.9 Å². The Bertz CT molecular complexity index is 1170. The Morgan fingerprint density at radius 3 is 2.74 bits per heavy atom. The molecule has 0 unspecified atom stereocenters. The van der Waals surface area contributed by atoms with Crippen molar-refractivity contribution in [1.29, 1.82) is 0 Å². The Morgan fingerprint density at radius 1 is 1.19 bits per heavy atom. The highest BCUT2D eigenvalue weighted by atomic mass is 19.1. The summed E-state index contributed by atoms with van der Waals surface area (Å²) in [7, 11) is 0. The molecular weight excluding hydrogens is 410 g/mol. The molecule has 3 aromatic rings. The molecule has 158 valence electrons. The number of amides is 1. The fraction of sp³-hybridized carbons (Fsp3) is 0.190. The molecule has 2 aromatic carbocycles. The van der Waals surface area contributed by atoms with Gasteiger partial charge in [-0.15, -0.1) is 5.10 Å². The zero-order valence-corrected chi connectivity index (χ0v) is 16.0. The molecule has 2 aliphatic heterocycles. The molecule has 31 heavy (non-hydrogen) atoms. The van der Waals surface area contributed by atoms with E-state index in [9.17, 15) is 13.6 Å². The van der Waals surface area contributed by atoms with Crippen molar-refractivity contribution < 1.29 is 27.8 Å². The van der Waals surface area contributed by atoms with Crippen LogP contribution >= 0.6 is 0 Å². The largest absolute Gasteiger partial charge is 0.434 e. The van der Waals surface area contributed by atoms with Crippen LogP contribution in [0.5, 0.6) is 17.4 Å². The highest BCUT2D eigenvalue weighted by molar-refractivity contribution is 5.76. The zero-order valence-electron chi connectivity index (χ0n) is 16.0. The maximum Gasteiger partial charge on any atom is 0.416 e. The molecule has 1 spiro atoms. The second-order valence-electron chi connectivity index (χ2n) is 7.24. The van der Waals surface area contributed by atoms with E-state index in [1.165, 1.54) is 41.4 Å². The fourth-order valence-electron chi connectivity index (χ4n) is 3.70. The van der Waals surface area contributed by atoms with Gasteiger partial charge in [0.1, 0.15) is 11.3 Å². The van der Waals surface area contributed by atoms with Gasteiger partial charge in [0.05, 0.1) is 25.4 Å². The summed E-state index contributed by atoms with van der Waals surface area (Å²) in [6, 6.07) is 10.2. The summed E-state index contributed by atoms with van der Waals surface area (Å²) in [4.78, 5) is 14.2. The monoisotopic (exact) mass is 426 g/mol. The average molecular weight is 426 g/mol. The summed E-state index contributed by atoms with van der Waals surface area (Å²) in [5.74, 6) is -1.24. The van der Waals surface area contributed by atoms with Gasteiger partial charge in [0.15, 0.2) is 17.4 Å². The number of nitrogens with two attached hydrogens (primary N) is 1. The van der Waals surface area contributed by atoms with E-state index in [1.807, 2.05) is 0 Å². The molecular formula is C21H16F2N4O4. The van der Waals surface area contributed by atoms with Crippen molar-refractivity contribution in [1.82, 2.24) is 15.1 Å². The first-order valence-electron chi connectivity index (χ1n) is 9.37. The Labute approximate surface area is 175 Å². The van der Waals surface area contributed by atoms with Crippen LogP contribution in [-0.4, -0.2) is 34.4 Å². The van der Waals surface area contributed by atoms with Crippen molar-refractivity contribution in [2.24, 2.45) is 0 Å². The molecule has 0 atom stereocenters. The van der Waals surface area contributed by atoms with Crippen molar-refractivity contribution in [2.45, 2.75) is 12.1 Å². The van der Waals surface area contributed by atoms with Crippen LogP contribution in [0.1, 0.15) is 11.1 Å². The zero-order chi connectivity index (χ0) is 21.6. The quantitative estimate of drug-likeness (QED) is 0.639. The van der Waals surface area contributed by atoms with Crippen molar-refractivity contribution in [3.63, 3.8) is 0 Å². The highest BCUT2D eigenvalue weighted by Gasteiger charge is 2.54. The minimum absolute atomic E-state index is 0.0287. The van der Waals surface area contributed by atoms with Crippen molar-refractivity contribution >= 4 is 11.8 Å². The molecule has 0 saturated carbocycles. The van der Waals surface area contributed by atoms with Crippen LogP contribution < -0.4 is 15.2 Å². The SMILES string of the molecule is Nc1cccc(CN2C(=O)Oc3cc(Oc4cccnn4)c(F)cc3C23COC3)c1F. The number of hydrogen-bond donors (Lipinski definition) is 1. The molecule has 1 aromatic heterocycles. The van der Waals surface area contributed by atoms with Gasteiger partial charge in [-0.25, -0.2) is 13.6 Å². The number of carbonyl (C=O) groups is 1. The van der Waals surface area contributed by atoms with E-state index in [2.05, 4.69) is 10.2 Å². The summed E-state index contributed by atoms with van der Waals surface area (Å²) >= 11 is 0. The molecule has 1 amide bonds. The van der Waals surface area contributed by atoms with Gasteiger partial charge in [0.25, 0.3) is 0 Å². The highest BCUT2D eigenvalue weighted by Crippen LogP contribution is 2.47. The minimum Gasteiger partial charge on any atom is -0.434 e. The van der Waals surface area contributed by atoms with Gasteiger partial charge in [0, 0.05) is 29.5 Å². The van der Waals surface area contributed by atoms with Crippen LogP contribution in [0.3, 0.4) is 0 Å².